The normalized spacial score (nSPS) is 15.4. The second-order valence-corrected chi connectivity index (χ2v) is 5.31. The highest BCUT2D eigenvalue weighted by Crippen LogP contribution is 2.34. The van der Waals surface area contributed by atoms with Crippen molar-refractivity contribution in [2.24, 2.45) is 11.7 Å². The lowest BCUT2D eigenvalue weighted by atomic mass is 9.73. The number of hydrogen-bond acceptors (Lipinski definition) is 1. The fraction of sp³-hybridized carbons (Fsp3) is 0.500. The van der Waals surface area contributed by atoms with Gasteiger partial charge >= 0.3 is 0 Å². The Morgan fingerprint density at radius 1 is 1.20 bits per heavy atom. The van der Waals surface area contributed by atoms with Crippen LogP contribution in [0.3, 0.4) is 0 Å². The SMILES string of the molecule is CC(C)C(C)(CN)c1cc(Cl)cc(Cl)c1. The Kier molecular flexibility index (Phi) is 4.05. The lowest BCUT2D eigenvalue weighted by molar-refractivity contribution is 0.347. The summed E-state index contributed by atoms with van der Waals surface area (Å²) in [6.07, 6.45) is 0. The van der Waals surface area contributed by atoms with E-state index in [2.05, 4.69) is 20.8 Å². The predicted molar refractivity (Wildman–Crippen MR) is 67.7 cm³/mol. The number of rotatable bonds is 3. The van der Waals surface area contributed by atoms with E-state index in [0.29, 0.717) is 22.5 Å². The van der Waals surface area contributed by atoms with Crippen LogP contribution < -0.4 is 5.73 Å². The molecular weight excluding hydrogens is 229 g/mol. The Hall–Kier alpha value is -0.240. The third kappa shape index (κ3) is 2.66. The first kappa shape index (κ1) is 12.8. The molecule has 0 bridgehead atoms. The summed E-state index contributed by atoms with van der Waals surface area (Å²) in [5.74, 6) is 0.442. The zero-order valence-electron chi connectivity index (χ0n) is 9.35. The number of halogens is 2. The Bertz CT molecular complexity index is 329. The van der Waals surface area contributed by atoms with Gasteiger partial charge in [0.1, 0.15) is 0 Å². The summed E-state index contributed by atoms with van der Waals surface area (Å²) in [5.41, 5.74) is 6.89. The lowest BCUT2D eigenvalue weighted by Crippen LogP contribution is -2.37. The van der Waals surface area contributed by atoms with Gasteiger partial charge in [0.2, 0.25) is 0 Å². The van der Waals surface area contributed by atoms with E-state index in [1.54, 1.807) is 6.07 Å². The van der Waals surface area contributed by atoms with Crippen LogP contribution in [0.25, 0.3) is 0 Å². The van der Waals surface area contributed by atoms with E-state index in [1.807, 2.05) is 12.1 Å². The van der Waals surface area contributed by atoms with Crippen molar-refractivity contribution in [1.29, 1.82) is 0 Å². The molecule has 0 heterocycles. The fourth-order valence-electron chi connectivity index (χ4n) is 1.57. The molecule has 1 unspecified atom stereocenters. The van der Waals surface area contributed by atoms with Gasteiger partial charge in [0.25, 0.3) is 0 Å². The topological polar surface area (TPSA) is 26.0 Å². The fourth-order valence-corrected chi connectivity index (χ4v) is 2.10. The molecule has 0 spiro atoms. The Balaban J connectivity index is 3.23. The third-order valence-electron chi connectivity index (χ3n) is 3.22. The van der Waals surface area contributed by atoms with Gasteiger partial charge in [-0.15, -0.1) is 0 Å². The molecule has 1 atom stereocenters. The molecule has 15 heavy (non-hydrogen) atoms. The molecule has 1 rings (SSSR count). The second kappa shape index (κ2) is 4.73. The smallest absolute Gasteiger partial charge is 0.0423 e. The maximum Gasteiger partial charge on any atom is 0.0423 e. The van der Waals surface area contributed by atoms with Crippen molar-refractivity contribution in [3.63, 3.8) is 0 Å². The van der Waals surface area contributed by atoms with E-state index in [-0.39, 0.29) is 5.41 Å². The first-order chi connectivity index (χ1) is 6.90. The summed E-state index contributed by atoms with van der Waals surface area (Å²) >= 11 is 12.0. The predicted octanol–water partition coefficient (Wildman–Crippen LogP) is 3.87. The number of hydrogen-bond donors (Lipinski definition) is 1. The highest BCUT2D eigenvalue weighted by Gasteiger charge is 2.29. The van der Waals surface area contributed by atoms with Gasteiger partial charge in [0.05, 0.1) is 0 Å². The van der Waals surface area contributed by atoms with Crippen LogP contribution in [0.1, 0.15) is 26.3 Å². The van der Waals surface area contributed by atoms with E-state index in [0.717, 1.165) is 5.56 Å². The molecule has 1 nitrogen and oxygen atoms in total. The van der Waals surface area contributed by atoms with Crippen LogP contribution in [0, 0.1) is 5.92 Å². The molecule has 0 saturated carbocycles. The molecule has 0 amide bonds. The molecular formula is C12H17Cl2N. The Morgan fingerprint density at radius 2 is 1.67 bits per heavy atom. The van der Waals surface area contributed by atoms with Crippen LogP contribution in [0.2, 0.25) is 10.0 Å². The first-order valence-electron chi connectivity index (χ1n) is 5.07. The monoisotopic (exact) mass is 245 g/mol. The van der Waals surface area contributed by atoms with Gasteiger partial charge in [-0.1, -0.05) is 44.0 Å². The minimum Gasteiger partial charge on any atom is -0.330 e. The summed E-state index contributed by atoms with van der Waals surface area (Å²) in [7, 11) is 0. The number of nitrogens with two attached hydrogens (primary N) is 1. The van der Waals surface area contributed by atoms with Crippen LogP contribution in [0.15, 0.2) is 18.2 Å². The Morgan fingerprint density at radius 3 is 2.00 bits per heavy atom. The van der Waals surface area contributed by atoms with Gasteiger partial charge in [-0.25, -0.2) is 0 Å². The van der Waals surface area contributed by atoms with Crippen molar-refractivity contribution >= 4 is 23.2 Å². The van der Waals surface area contributed by atoms with E-state index in [4.69, 9.17) is 28.9 Å². The molecule has 0 saturated heterocycles. The molecule has 0 aliphatic heterocycles. The summed E-state index contributed by atoms with van der Waals surface area (Å²) in [5, 5.41) is 1.33. The van der Waals surface area contributed by atoms with Crippen molar-refractivity contribution in [1.82, 2.24) is 0 Å². The largest absolute Gasteiger partial charge is 0.330 e. The summed E-state index contributed by atoms with van der Waals surface area (Å²) < 4.78 is 0. The van der Waals surface area contributed by atoms with Gasteiger partial charge in [-0.2, -0.15) is 0 Å². The molecule has 84 valence electrons. The van der Waals surface area contributed by atoms with Gasteiger partial charge in [-0.3, -0.25) is 0 Å². The molecule has 0 aromatic heterocycles. The van der Waals surface area contributed by atoms with Crippen LogP contribution in [0.5, 0.6) is 0 Å². The molecule has 1 aromatic rings. The first-order valence-corrected chi connectivity index (χ1v) is 5.82. The zero-order chi connectivity index (χ0) is 11.6. The van der Waals surface area contributed by atoms with Crippen molar-refractivity contribution < 1.29 is 0 Å². The summed E-state index contributed by atoms with van der Waals surface area (Å²) in [6.45, 7) is 7.03. The average Bonchev–Trinajstić information content (AvgIpc) is 2.14. The van der Waals surface area contributed by atoms with Crippen molar-refractivity contribution in [2.75, 3.05) is 6.54 Å². The van der Waals surface area contributed by atoms with Crippen LogP contribution in [-0.4, -0.2) is 6.54 Å². The molecule has 0 aliphatic rings. The number of benzene rings is 1. The van der Waals surface area contributed by atoms with Crippen molar-refractivity contribution in [3.05, 3.63) is 33.8 Å². The minimum atomic E-state index is -0.0749. The summed E-state index contributed by atoms with van der Waals surface area (Å²) in [4.78, 5) is 0. The molecule has 0 radical (unpaired) electrons. The van der Waals surface area contributed by atoms with Gasteiger partial charge in [0, 0.05) is 22.0 Å². The maximum absolute atomic E-state index is 5.99. The molecule has 3 heteroatoms. The van der Waals surface area contributed by atoms with Gasteiger partial charge in [-0.05, 0) is 29.7 Å². The molecule has 0 aliphatic carbocycles. The highest BCUT2D eigenvalue weighted by molar-refractivity contribution is 6.34. The van der Waals surface area contributed by atoms with E-state index in [1.165, 1.54) is 0 Å². The van der Waals surface area contributed by atoms with E-state index >= 15 is 0 Å². The van der Waals surface area contributed by atoms with E-state index in [9.17, 15) is 0 Å². The van der Waals surface area contributed by atoms with Crippen molar-refractivity contribution in [2.45, 2.75) is 26.2 Å². The van der Waals surface area contributed by atoms with Gasteiger partial charge in [0.15, 0.2) is 0 Å². The lowest BCUT2D eigenvalue weighted by Gasteiger charge is -2.33. The van der Waals surface area contributed by atoms with Crippen LogP contribution in [0.4, 0.5) is 0 Å². The second-order valence-electron chi connectivity index (χ2n) is 4.43. The molecule has 0 fully saturated rings. The quantitative estimate of drug-likeness (QED) is 0.860. The Labute approximate surface area is 102 Å². The van der Waals surface area contributed by atoms with E-state index < -0.39 is 0 Å². The highest BCUT2D eigenvalue weighted by atomic mass is 35.5. The van der Waals surface area contributed by atoms with Crippen LogP contribution >= 0.6 is 23.2 Å². The minimum absolute atomic E-state index is 0.0749. The van der Waals surface area contributed by atoms with Crippen molar-refractivity contribution in [3.8, 4) is 0 Å². The zero-order valence-corrected chi connectivity index (χ0v) is 10.9. The van der Waals surface area contributed by atoms with Gasteiger partial charge < -0.3 is 5.73 Å². The van der Waals surface area contributed by atoms with Crippen LogP contribution in [-0.2, 0) is 5.41 Å². The third-order valence-corrected chi connectivity index (χ3v) is 3.66. The standard InChI is InChI=1S/C12H17Cl2N/c1-8(2)12(3,7-15)9-4-10(13)6-11(14)5-9/h4-6,8H,7,15H2,1-3H3. The molecule has 1 aromatic carbocycles. The maximum atomic E-state index is 5.99. The summed E-state index contributed by atoms with van der Waals surface area (Å²) in [6, 6.07) is 5.63. The average molecular weight is 246 g/mol. The molecule has 2 N–H and O–H groups in total.